The Morgan fingerprint density at radius 3 is 2.48 bits per heavy atom. The normalized spacial score (nSPS) is 11.0. The van der Waals surface area contributed by atoms with Gasteiger partial charge in [0.1, 0.15) is 12.4 Å². The summed E-state index contributed by atoms with van der Waals surface area (Å²) in [5.41, 5.74) is 4.48. The molecular formula is C16H15FN2O2. The molecule has 0 unspecified atom stereocenters. The van der Waals surface area contributed by atoms with Gasteiger partial charge in [-0.15, -0.1) is 0 Å². The molecule has 0 spiro atoms. The molecule has 5 heteroatoms. The number of halogens is 1. The molecule has 2 aromatic rings. The number of ether oxygens (including phenoxy) is 1. The first kappa shape index (κ1) is 14.7. The average Bonchev–Trinajstić information content (AvgIpc) is 2.52. The molecule has 4 nitrogen and oxygen atoms in total. The molecule has 21 heavy (non-hydrogen) atoms. The summed E-state index contributed by atoms with van der Waals surface area (Å²) in [6.07, 6.45) is -0.639. The third-order valence-corrected chi connectivity index (χ3v) is 2.79. The third kappa shape index (κ3) is 4.72. The van der Waals surface area contributed by atoms with Crippen molar-refractivity contribution in [2.75, 3.05) is 0 Å². The molecule has 0 fully saturated rings. The van der Waals surface area contributed by atoms with Gasteiger partial charge in [0.05, 0.1) is 5.71 Å². The van der Waals surface area contributed by atoms with Gasteiger partial charge in [-0.2, -0.15) is 5.10 Å². The first-order chi connectivity index (χ1) is 10.1. The van der Waals surface area contributed by atoms with Crippen LogP contribution in [0.15, 0.2) is 59.7 Å². The van der Waals surface area contributed by atoms with Crippen LogP contribution in [0.2, 0.25) is 0 Å². The Balaban J connectivity index is 1.85. The van der Waals surface area contributed by atoms with Gasteiger partial charge in [0.2, 0.25) is 0 Å². The number of benzene rings is 2. The Morgan fingerprint density at radius 1 is 1.14 bits per heavy atom. The van der Waals surface area contributed by atoms with Crippen LogP contribution in [0.4, 0.5) is 9.18 Å². The summed E-state index contributed by atoms with van der Waals surface area (Å²) < 4.78 is 17.8. The van der Waals surface area contributed by atoms with E-state index in [1.54, 1.807) is 19.1 Å². The summed E-state index contributed by atoms with van der Waals surface area (Å²) in [4.78, 5) is 11.5. The van der Waals surface area contributed by atoms with Crippen molar-refractivity contribution in [2.24, 2.45) is 5.10 Å². The largest absolute Gasteiger partial charge is 0.443 e. The monoisotopic (exact) mass is 286 g/mol. The van der Waals surface area contributed by atoms with E-state index in [0.29, 0.717) is 5.71 Å². The van der Waals surface area contributed by atoms with Crippen molar-refractivity contribution in [1.29, 1.82) is 0 Å². The van der Waals surface area contributed by atoms with Crippen molar-refractivity contribution < 1.29 is 13.9 Å². The van der Waals surface area contributed by atoms with Crippen molar-refractivity contribution in [1.82, 2.24) is 5.43 Å². The second-order valence-corrected chi connectivity index (χ2v) is 4.38. The van der Waals surface area contributed by atoms with Gasteiger partial charge in [-0.1, -0.05) is 42.5 Å². The number of amides is 1. The molecule has 108 valence electrons. The zero-order valence-electron chi connectivity index (χ0n) is 11.5. The van der Waals surface area contributed by atoms with Crippen molar-refractivity contribution in [3.8, 4) is 0 Å². The van der Waals surface area contributed by atoms with E-state index in [4.69, 9.17) is 4.74 Å². The zero-order valence-corrected chi connectivity index (χ0v) is 11.5. The van der Waals surface area contributed by atoms with E-state index >= 15 is 0 Å². The van der Waals surface area contributed by atoms with Gasteiger partial charge in [0, 0.05) is 0 Å². The topological polar surface area (TPSA) is 50.7 Å². The van der Waals surface area contributed by atoms with Crippen LogP contribution in [0.5, 0.6) is 0 Å². The van der Waals surface area contributed by atoms with Crippen LogP contribution >= 0.6 is 0 Å². The van der Waals surface area contributed by atoms with Crippen LogP contribution in [-0.2, 0) is 11.3 Å². The van der Waals surface area contributed by atoms with Crippen LogP contribution in [0.25, 0.3) is 0 Å². The standard InChI is InChI=1S/C16H15FN2O2/c1-12(14-7-9-15(17)10-8-14)18-19-16(20)21-11-13-5-3-2-4-6-13/h2-10H,11H2,1H3,(H,19,20)/b18-12+. The Morgan fingerprint density at radius 2 is 1.81 bits per heavy atom. The van der Waals surface area contributed by atoms with E-state index < -0.39 is 6.09 Å². The van der Waals surface area contributed by atoms with Crippen LogP contribution in [0.3, 0.4) is 0 Å². The quantitative estimate of drug-likeness (QED) is 0.691. The Labute approximate surface area is 122 Å². The second-order valence-electron chi connectivity index (χ2n) is 4.38. The molecule has 0 radical (unpaired) electrons. The maximum absolute atomic E-state index is 12.8. The fourth-order valence-corrected chi connectivity index (χ4v) is 1.64. The van der Waals surface area contributed by atoms with E-state index in [1.165, 1.54) is 12.1 Å². The number of carbonyl (C=O) groups excluding carboxylic acids is 1. The summed E-state index contributed by atoms with van der Waals surface area (Å²) in [6, 6.07) is 15.2. The molecule has 1 N–H and O–H groups in total. The Bertz CT molecular complexity index is 624. The van der Waals surface area contributed by atoms with Gasteiger partial charge in [-0.25, -0.2) is 14.6 Å². The summed E-state index contributed by atoms with van der Waals surface area (Å²) in [7, 11) is 0. The molecule has 2 aromatic carbocycles. The molecule has 2 rings (SSSR count). The fraction of sp³-hybridized carbons (Fsp3) is 0.125. The lowest BCUT2D eigenvalue weighted by Crippen LogP contribution is -2.20. The van der Waals surface area contributed by atoms with Crippen molar-refractivity contribution >= 4 is 11.8 Å². The molecule has 0 saturated heterocycles. The highest BCUT2D eigenvalue weighted by Gasteiger charge is 2.02. The SMILES string of the molecule is C/C(=N\NC(=O)OCc1ccccc1)c1ccc(F)cc1. The number of rotatable bonds is 4. The third-order valence-electron chi connectivity index (χ3n) is 2.79. The minimum absolute atomic E-state index is 0.178. The average molecular weight is 286 g/mol. The second kappa shape index (κ2) is 7.19. The van der Waals surface area contributed by atoms with Crippen LogP contribution in [-0.4, -0.2) is 11.8 Å². The first-order valence-electron chi connectivity index (χ1n) is 6.42. The number of carbonyl (C=O) groups is 1. The summed E-state index contributed by atoms with van der Waals surface area (Å²) in [5, 5.41) is 3.91. The van der Waals surface area contributed by atoms with Crippen molar-refractivity contribution in [3.63, 3.8) is 0 Å². The fourth-order valence-electron chi connectivity index (χ4n) is 1.64. The molecule has 0 saturated carbocycles. The summed E-state index contributed by atoms with van der Waals surface area (Å²) in [5.74, 6) is -0.318. The van der Waals surface area contributed by atoms with E-state index in [1.807, 2.05) is 30.3 Å². The zero-order chi connectivity index (χ0) is 15.1. The van der Waals surface area contributed by atoms with Gasteiger partial charge in [-0.05, 0) is 30.2 Å². The number of hydrogen-bond acceptors (Lipinski definition) is 3. The number of hydrazone groups is 1. The smallest absolute Gasteiger partial charge is 0.428 e. The molecule has 0 aliphatic rings. The van der Waals surface area contributed by atoms with Gasteiger partial charge in [0.25, 0.3) is 0 Å². The van der Waals surface area contributed by atoms with Crippen LogP contribution < -0.4 is 5.43 Å². The molecular weight excluding hydrogens is 271 g/mol. The van der Waals surface area contributed by atoms with Gasteiger partial charge in [0.15, 0.2) is 0 Å². The maximum Gasteiger partial charge on any atom is 0.428 e. The van der Waals surface area contributed by atoms with Gasteiger partial charge in [-0.3, -0.25) is 0 Å². The molecule has 0 aliphatic carbocycles. The van der Waals surface area contributed by atoms with E-state index in [2.05, 4.69) is 10.5 Å². The molecule has 0 atom stereocenters. The lowest BCUT2D eigenvalue weighted by molar-refractivity contribution is 0.140. The molecule has 0 bridgehead atoms. The highest BCUT2D eigenvalue weighted by Crippen LogP contribution is 2.04. The highest BCUT2D eigenvalue weighted by molar-refractivity contribution is 5.98. The summed E-state index contributed by atoms with van der Waals surface area (Å²) in [6.45, 7) is 1.89. The minimum Gasteiger partial charge on any atom is -0.443 e. The number of nitrogens with one attached hydrogen (secondary N) is 1. The predicted molar refractivity (Wildman–Crippen MR) is 78.4 cm³/mol. The molecule has 0 aliphatic heterocycles. The lowest BCUT2D eigenvalue weighted by Gasteiger charge is -2.05. The first-order valence-corrected chi connectivity index (χ1v) is 6.42. The minimum atomic E-state index is -0.639. The van der Waals surface area contributed by atoms with Crippen LogP contribution in [0.1, 0.15) is 18.1 Å². The van der Waals surface area contributed by atoms with Crippen LogP contribution in [0, 0.1) is 5.82 Å². The highest BCUT2D eigenvalue weighted by atomic mass is 19.1. The van der Waals surface area contributed by atoms with E-state index in [0.717, 1.165) is 11.1 Å². The molecule has 0 aromatic heterocycles. The molecule has 0 heterocycles. The molecule has 1 amide bonds. The summed E-state index contributed by atoms with van der Waals surface area (Å²) >= 11 is 0. The van der Waals surface area contributed by atoms with Gasteiger partial charge < -0.3 is 4.74 Å². The van der Waals surface area contributed by atoms with Crippen molar-refractivity contribution in [2.45, 2.75) is 13.5 Å². The predicted octanol–water partition coefficient (Wildman–Crippen LogP) is 3.48. The number of hydrogen-bond donors (Lipinski definition) is 1. The van der Waals surface area contributed by atoms with Crippen molar-refractivity contribution in [3.05, 3.63) is 71.5 Å². The maximum atomic E-state index is 12.8. The number of nitrogens with zero attached hydrogens (tertiary/aromatic N) is 1. The Kier molecular flexibility index (Phi) is 5.04. The van der Waals surface area contributed by atoms with Gasteiger partial charge >= 0.3 is 6.09 Å². The van der Waals surface area contributed by atoms with E-state index in [-0.39, 0.29) is 12.4 Å². The van der Waals surface area contributed by atoms with E-state index in [9.17, 15) is 9.18 Å². The lowest BCUT2D eigenvalue weighted by atomic mass is 10.1. The Hall–Kier alpha value is -2.69.